The number of benzene rings is 1. The van der Waals surface area contributed by atoms with E-state index < -0.39 is 0 Å². The topological polar surface area (TPSA) is 50.4 Å². The molecule has 2 fully saturated rings. The average Bonchev–Trinajstić information content (AvgIpc) is 3.27. The molecule has 0 atom stereocenters. The van der Waals surface area contributed by atoms with Crippen molar-refractivity contribution < 1.29 is 0 Å². The molecule has 3 rings (SSSR count). The van der Waals surface area contributed by atoms with Crippen molar-refractivity contribution in [2.45, 2.75) is 45.4 Å². The van der Waals surface area contributed by atoms with Crippen LogP contribution in [-0.2, 0) is 0 Å². The predicted molar refractivity (Wildman–Crippen MR) is 100 cm³/mol. The monoisotopic (exact) mass is 399 g/mol. The Morgan fingerprint density at radius 1 is 1.38 bits per heavy atom. The summed E-state index contributed by atoms with van der Waals surface area (Å²) in [4.78, 5) is 4.57. The number of nitrogens with one attached hydrogen (secondary N) is 1. The largest absolute Gasteiger partial charge is 0.370 e. The number of halogens is 1. The lowest BCUT2D eigenvalue weighted by Gasteiger charge is -2.13. The molecule has 0 unspecified atom stereocenters. The molecule has 1 aromatic rings. The van der Waals surface area contributed by atoms with E-state index in [9.17, 15) is 0 Å². The summed E-state index contributed by atoms with van der Waals surface area (Å²) in [5.74, 6) is 2.01. The number of aliphatic imine (C=N–C) groups is 1. The van der Waals surface area contributed by atoms with Crippen LogP contribution in [0, 0.1) is 11.3 Å². The van der Waals surface area contributed by atoms with Gasteiger partial charge in [0.2, 0.25) is 0 Å². The normalized spacial score (nSPS) is 20.0. The van der Waals surface area contributed by atoms with E-state index >= 15 is 0 Å². The second-order valence-corrected chi connectivity index (χ2v) is 6.74. The lowest BCUT2D eigenvalue weighted by Crippen LogP contribution is -2.24. The van der Waals surface area contributed by atoms with Crippen LogP contribution in [0.15, 0.2) is 29.3 Å². The average molecular weight is 399 g/mol. The van der Waals surface area contributed by atoms with Crippen molar-refractivity contribution in [2.75, 3.05) is 11.9 Å². The van der Waals surface area contributed by atoms with Gasteiger partial charge in [-0.05, 0) is 60.6 Å². The molecule has 0 aromatic heterocycles. The van der Waals surface area contributed by atoms with E-state index in [4.69, 9.17) is 5.73 Å². The number of nitrogens with two attached hydrogens (primary N) is 1. The Kier molecular flexibility index (Phi) is 5.17. The molecule has 1 aromatic carbocycles. The Morgan fingerprint density at radius 2 is 2.10 bits per heavy atom. The summed E-state index contributed by atoms with van der Waals surface area (Å²) in [5, 5.41) is 3.22. The van der Waals surface area contributed by atoms with Crippen molar-refractivity contribution in [3.05, 3.63) is 29.8 Å². The molecule has 0 amide bonds. The van der Waals surface area contributed by atoms with Crippen LogP contribution in [0.1, 0.15) is 51.0 Å². The van der Waals surface area contributed by atoms with Gasteiger partial charge in [0, 0.05) is 12.2 Å². The van der Waals surface area contributed by atoms with Crippen molar-refractivity contribution in [3.63, 3.8) is 0 Å². The molecule has 2 saturated carbocycles. The van der Waals surface area contributed by atoms with Crippen LogP contribution in [0.5, 0.6) is 0 Å². The molecule has 2 aliphatic rings. The maximum Gasteiger partial charge on any atom is 0.193 e. The standard InChI is InChI=1S/C17H25N3.HI/c1-12(2)13-4-3-5-15(10-13)20-16(18)19-11-17(8-9-17)14-6-7-14;/h3-5,10,12,14H,6-9,11H2,1-2H3,(H3,18,19,20);1H. The van der Waals surface area contributed by atoms with Gasteiger partial charge in [-0.15, -0.1) is 24.0 Å². The number of hydrogen-bond acceptors (Lipinski definition) is 1. The molecule has 2 aliphatic carbocycles. The van der Waals surface area contributed by atoms with Gasteiger partial charge in [0.1, 0.15) is 0 Å². The molecule has 4 heteroatoms. The third-order valence-electron chi connectivity index (χ3n) is 4.73. The van der Waals surface area contributed by atoms with Crippen molar-refractivity contribution in [1.29, 1.82) is 0 Å². The molecule has 116 valence electrons. The molecule has 21 heavy (non-hydrogen) atoms. The Balaban J connectivity index is 0.00000161. The maximum atomic E-state index is 6.03. The van der Waals surface area contributed by atoms with Gasteiger partial charge in [-0.25, -0.2) is 0 Å². The summed E-state index contributed by atoms with van der Waals surface area (Å²) < 4.78 is 0. The molecule has 3 nitrogen and oxygen atoms in total. The lowest BCUT2D eigenvalue weighted by molar-refractivity contribution is 0.454. The summed E-state index contributed by atoms with van der Waals surface area (Å²) in [6, 6.07) is 8.41. The van der Waals surface area contributed by atoms with Gasteiger partial charge in [0.25, 0.3) is 0 Å². The number of guanidine groups is 1. The number of hydrogen-bond donors (Lipinski definition) is 2. The Morgan fingerprint density at radius 3 is 2.67 bits per heavy atom. The van der Waals surface area contributed by atoms with Gasteiger partial charge in [0.05, 0.1) is 0 Å². The minimum atomic E-state index is 0. The van der Waals surface area contributed by atoms with Crippen LogP contribution in [0.2, 0.25) is 0 Å². The second-order valence-electron chi connectivity index (χ2n) is 6.74. The first-order valence-electron chi connectivity index (χ1n) is 7.76. The van der Waals surface area contributed by atoms with Gasteiger partial charge >= 0.3 is 0 Å². The van der Waals surface area contributed by atoms with Crippen molar-refractivity contribution in [2.24, 2.45) is 22.1 Å². The highest BCUT2D eigenvalue weighted by atomic mass is 127. The first-order chi connectivity index (χ1) is 9.59. The molecule has 0 bridgehead atoms. The quantitative estimate of drug-likeness (QED) is 0.440. The number of rotatable bonds is 5. The molecule has 3 N–H and O–H groups in total. The van der Waals surface area contributed by atoms with Crippen molar-refractivity contribution >= 4 is 35.6 Å². The van der Waals surface area contributed by atoms with E-state index in [0.29, 0.717) is 17.3 Å². The summed E-state index contributed by atoms with van der Waals surface area (Å²) >= 11 is 0. The fourth-order valence-electron chi connectivity index (χ4n) is 2.96. The molecule has 0 saturated heterocycles. The summed E-state index contributed by atoms with van der Waals surface area (Å²) in [7, 11) is 0. The van der Waals surface area contributed by atoms with Crippen LogP contribution in [0.25, 0.3) is 0 Å². The predicted octanol–water partition coefficient (Wildman–Crippen LogP) is 4.34. The van der Waals surface area contributed by atoms with Gasteiger partial charge in [0.15, 0.2) is 5.96 Å². The summed E-state index contributed by atoms with van der Waals surface area (Å²) in [6.45, 7) is 5.30. The van der Waals surface area contributed by atoms with E-state index in [1.54, 1.807) is 0 Å². The molecule has 0 spiro atoms. The fraction of sp³-hybridized carbons (Fsp3) is 0.588. The van der Waals surface area contributed by atoms with Crippen molar-refractivity contribution in [1.82, 2.24) is 0 Å². The van der Waals surface area contributed by atoms with Gasteiger partial charge in [-0.2, -0.15) is 0 Å². The maximum absolute atomic E-state index is 6.03. The molecule has 0 heterocycles. The van der Waals surface area contributed by atoms with E-state index in [-0.39, 0.29) is 24.0 Å². The second kappa shape index (κ2) is 6.55. The molecule has 0 aliphatic heterocycles. The Hall–Kier alpha value is -0.780. The van der Waals surface area contributed by atoms with Crippen LogP contribution < -0.4 is 11.1 Å². The van der Waals surface area contributed by atoms with Gasteiger partial charge in [-0.1, -0.05) is 26.0 Å². The minimum Gasteiger partial charge on any atom is -0.370 e. The van der Waals surface area contributed by atoms with E-state index in [0.717, 1.165) is 18.2 Å². The van der Waals surface area contributed by atoms with E-state index in [2.05, 4.69) is 42.4 Å². The highest BCUT2D eigenvalue weighted by Gasteiger charge is 2.53. The highest BCUT2D eigenvalue weighted by Crippen LogP contribution is 2.61. The van der Waals surface area contributed by atoms with Crippen LogP contribution in [0.3, 0.4) is 0 Å². The first kappa shape index (κ1) is 16.6. The van der Waals surface area contributed by atoms with Crippen LogP contribution in [0.4, 0.5) is 5.69 Å². The molecule has 0 radical (unpaired) electrons. The summed E-state index contributed by atoms with van der Waals surface area (Å²) in [5.41, 5.74) is 8.90. The zero-order valence-electron chi connectivity index (χ0n) is 12.9. The minimum absolute atomic E-state index is 0. The zero-order valence-corrected chi connectivity index (χ0v) is 15.3. The number of anilines is 1. The fourth-order valence-corrected chi connectivity index (χ4v) is 2.96. The number of nitrogens with zero attached hydrogens (tertiary/aromatic N) is 1. The third kappa shape index (κ3) is 4.11. The third-order valence-corrected chi connectivity index (χ3v) is 4.73. The van der Waals surface area contributed by atoms with Crippen LogP contribution >= 0.6 is 24.0 Å². The first-order valence-corrected chi connectivity index (χ1v) is 7.76. The van der Waals surface area contributed by atoms with Gasteiger partial charge in [-0.3, -0.25) is 4.99 Å². The lowest BCUT2D eigenvalue weighted by atomic mass is 10.0. The Bertz CT molecular complexity index is 517. The summed E-state index contributed by atoms with van der Waals surface area (Å²) in [6.07, 6.45) is 5.49. The highest BCUT2D eigenvalue weighted by molar-refractivity contribution is 14.0. The zero-order chi connectivity index (χ0) is 14.2. The van der Waals surface area contributed by atoms with E-state index in [1.165, 1.54) is 31.2 Å². The van der Waals surface area contributed by atoms with Gasteiger partial charge < -0.3 is 11.1 Å². The smallest absolute Gasteiger partial charge is 0.193 e. The SMILES string of the molecule is CC(C)c1cccc(NC(N)=NCC2(C3CC3)CC2)c1.I. The van der Waals surface area contributed by atoms with E-state index in [1.807, 2.05) is 6.07 Å². The molecular formula is C17H26IN3. The Labute approximate surface area is 144 Å². The van der Waals surface area contributed by atoms with Crippen LogP contribution in [-0.4, -0.2) is 12.5 Å². The van der Waals surface area contributed by atoms with Crippen molar-refractivity contribution in [3.8, 4) is 0 Å². The molecular weight excluding hydrogens is 373 g/mol.